The molecule has 4 nitrogen and oxygen atoms in total. The first kappa shape index (κ1) is 11.3. The number of anilines is 1. The van der Waals surface area contributed by atoms with Crippen molar-refractivity contribution < 1.29 is 0 Å². The largest absolute Gasteiger partial charge is 0.383 e. The van der Waals surface area contributed by atoms with Gasteiger partial charge < -0.3 is 5.73 Å². The van der Waals surface area contributed by atoms with Crippen molar-refractivity contribution in [2.75, 3.05) is 5.73 Å². The predicted octanol–water partition coefficient (Wildman–Crippen LogP) is 2.76. The molecule has 98 valence electrons. The van der Waals surface area contributed by atoms with Crippen LogP contribution in [0.15, 0.2) is 36.5 Å². The lowest BCUT2D eigenvalue weighted by Crippen LogP contribution is -2.03. The summed E-state index contributed by atoms with van der Waals surface area (Å²) in [5, 5.41) is 1.09. The van der Waals surface area contributed by atoms with E-state index >= 15 is 0 Å². The van der Waals surface area contributed by atoms with E-state index in [1.807, 2.05) is 30.3 Å². The van der Waals surface area contributed by atoms with Crippen LogP contribution in [0.3, 0.4) is 0 Å². The number of aromatic nitrogens is 3. The number of aryl methyl sites for hydroxylation is 1. The second kappa shape index (κ2) is 4.27. The number of nitrogens with two attached hydrogens (primary N) is 1. The maximum atomic E-state index is 6.08. The highest BCUT2D eigenvalue weighted by Crippen LogP contribution is 2.30. The summed E-state index contributed by atoms with van der Waals surface area (Å²) >= 11 is 0. The summed E-state index contributed by atoms with van der Waals surface area (Å²) in [6.45, 7) is 0. The van der Waals surface area contributed by atoms with Crippen LogP contribution in [0.4, 0.5) is 5.82 Å². The van der Waals surface area contributed by atoms with E-state index in [1.54, 1.807) is 6.20 Å². The molecule has 0 saturated heterocycles. The van der Waals surface area contributed by atoms with Crippen molar-refractivity contribution in [3.05, 3.63) is 47.8 Å². The highest BCUT2D eigenvalue weighted by molar-refractivity contribution is 5.91. The number of fused-ring (bicyclic) bond motifs is 2. The van der Waals surface area contributed by atoms with Gasteiger partial charge in [-0.1, -0.05) is 18.2 Å². The fraction of sp³-hybridized carbons (Fsp3) is 0.188. The van der Waals surface area contributed by atoms with Crippen LogP contribution in [0.2, 0.25) is 0 Å². The van der Waals surface area contributed by atoms with Crippen molar-refractivity contribution in [2.45, 2.75) is 19.3 Å². The predicted molar refractivity (Wildman–Crippen MR) is 79.2 cm³/mol. The lowest BCUT2D eigenvalue weighted by molar-refractivity contribution is 0.900. The third kappa shape index (κ3) is 1.65. The highest BCUT2D eigenvalue weighted by atomic mass is 15.0. The molecule has 4 heteroatoms. The van der Waals surface area contributed by atoms with Crippen LogP contribution >= 0.6 is 0 Å². The molecule has 0 radical (unpaired) electrons. The lowest BCUT2D eigenvalue weighted by atomic mass is 10.1. The molecule has 0 aliphatic heterocycles. The quantitative estimate of drug-likeness (QED) is 0.732. The molecule has 1 aliphatic carbocycles. The third-order valence-corrected chi connectivity index (χ3v) is 3.84. The molecule has 2 N–H and O–H groups in total. The summed E-state index contributed by atoms with van der Waals surface area (Å²) in [5.74, 6) is 1.31. The van der Waals surface area contributed by atoms with Gasteiger partial charge in [0.1, 0.15) is 5.82 Å². The number of rotatable bonds is 1. The third-order valence-electron chi connectivity index (χ3n) is 3.84. The van der Waals surface area contributed by atoms with Crippen LogP contribution in [-0.2, 0) is 12.8 Å². The monoisotopic (exact) mass is 262 g/mol. The Kier molecular flexibility index (Phi) is 2.42. The minimum Gasteiger partial charge on any atom is -0.383 e. The Hall–Kier alpha value is -2.49. The van der Waals surface area contributed by atoms with E-state index in [4.69, 9.17) is 10.7 Å². The fourth-order valence-electron chi connectivity index (χ4n) is 2.87. The minimum atomic E-state index is 0.621. The fourth-order valence-corrected chi connectivity index (χ4v) is 2.87. The average Bonchev–Trinajstić information content (AvgIpc) is 2.95. The van der Waals surface area contributed by atoms with Crippen molar-refractivity contribution in [3.8, 4) is 11.4 Å². The van der Waals surface area contributed by atoms with Gasteiger partial charge in [-0.05, 0) is 31.4 Å². The van der Waals surface area contributed by atoms with Gasteiger partial charge >= 0.3 is 0 Å². The second-order valence-corrected chi connectivity index (χ2v) is 5.09. The highest BCUT2D eigenvalue weighted by Gasteiger charge is 2.19. The Balaban J connectivity index is 1.98. The normalized spacial score (nSPS) is 13.6. The maximum absolute atomic E-state index is 6.08. The van der Waals surface area contributed by atoms with Crippen LogP contribution in [-0.4, -0.2) is 15.0 Å². The molecule has 1 aliphatic rings. The maximum Gasteiger partial charge on any atom is 0.163 e. The number of para-hydroxylation sites is 1. The zero-order valence-electron chi connectivity index (χ0n) is 11.0. The Morgan fingerprint density at radius 1 is 1.00 bits per heavy atom. The van der Waals surface area contributed by atoms with Gasteiger partial charge in [0.2, 0.25) is 0 Å². The molecule has 0 unspecified atom stereocenters. The first-order chi connectivity index (χ1) is 9.83. The molecule has 0 amide bonds. The van der Waals surface area contributed by atoms with Gasteiger partial charge in [0.15, 0.2) is 5.82 Å². The first-order valence-electron chi connectivity index (χ1n) is 6.82. The van der Waals surface area contributed by atoms with E-state index in [-0.39, 0.29) is 0 Å². The summed E-state index contributed by atoms with van der Waals surface area (Å²) in [6.07, 6.45) is 4.90. The van der Waals surface area contributed by atoms with Crippen LogP contribution in [0, 0.1) is 0 Å². The molecular formula is C16H14N4. The van der Waals surface area contributed by atoms with E-state index in [2.05, 4.69) is 9.97 Å². The number of benzene rings is 1. The SMILES string of the molecule is Nc1nc(-c2cccc3cccnc23)nc2c1CCC2. The molecule has 3 aromatic rings. The van der Waals surface area contributed by atoms with E-state index in [0.29, 0.717) is 11.6 Å². The summed E-state index contributed by atoms with van der Waals surface area (Å²) in [6, 6.07) is 10.0. The minimum absolute atomic E-state index is 0.621. The molecule has 0 spiro atoms. The van der Waals surface area contributed by atoms with Gasteiger partial charge in [-0.25, -0.2) is 9.97 Å². The average molecular weight is 262 g/mol. The summed E-state index contributed by atoms with van der Waals surface area (Å²) < 4.78 is 0. The number of hydrogen-bond donors (Lipinski definition) is 1. The van der Waals surface area contributed by atoms with Gasteiger partial charge in [-0.15, -0.1) is 0 Å². The first-order valence-corrected chi connectivity index (χ1v) is 6.82. The van der Waals surface area contributed by atoms with Crippen LogP contribution in [0.1, 0.15) is 17.7 Å². The number of hydrogen-bond acceptors (Lipinski definition) is 4. The van der Waals surface area contributed by atoms with Gasteiger partial charge in [-0.2, -0.15) is 0 Å². The van der Waals surface area contributed by atoms with Crippen molar-refractivity contribution in [1.82, 2.24) is 15.0 Å². The van der Waals surface area contributed by atoms with E-state index in [1.165, 1.54) is 0 Å². The summed E-state index contributed by atoms with van der Waals surface area (Å²) in [4.78, 5) is 13.7. The Labute approximate surface area is 116 Å². The Morgan fingerprint density at radius 2 is 1.90 bits per heavy atom. The Morgan fingerprint density at radius 3 is 2.85 bits per heavy atom. The second-order valence-electron chi connectivity index (χ2n) is 5.09. The molecule has 0 fully saturated rings. The molecular weight excluding hydrogens is 248 g/mol. The number of nitrogen functional groups attached to an aromatic ring is 1. The summed E-state index contributed by atoms with van der Waals surface area (Å²) in [5.41, 5.74) is 10.2. The van der Waals surface area contributed by atoms with E-state index < -0.39 is 0 Å². The van der Waals surface area contributed by atoms with Crippen LogP contribution < -0.4 is 5.73 Å². The van der Waals surface area contributed by atoms with Crippen molar-refractivity contribution in [1.29, 1.82) is 0 Å². The van der Waals surface area contributed by atoms with Crippen LogP contribution in [0.25, 0.3) is 22.3 Å². The molecule has 20 heavy (non-hydrogen) atoms. The molecule has 2 heterocycles. The van der Waals surface area contributed by atoms with E-state index in [9.17, 15) is 0 Å². The lowest BCUT2D eigenvalue weighted by Gasteiger charge is -2.08. The summed E-state index contributed by atoms with van der Waals surface area (Å²) in [7, 11) is 0. The van der Waals surface area contributed by atoms with Crippen molar-refractivity contribution in [2.24, 2.45) is 0 Å². The van der Waals surface area contributed by atoms with Gasteiger partial charge in [-0.3, -0.25) is 4.98 Å². The number of nitrogens with zero attached hydrogens (tertiary/aromatic N) is 3. The molecule has 1 aromatic carbocycles. The van der Waals surface area contributed by atoms with Gasteiger partial charge in [0, 0.05) is 28.4 Å². The smallest absolute Gasteiger partial charge is 0.163 e. The topological polar surface area (TPSA) is 64.7 Å². The molecule has 4 rings (SSSR count). The van der Waals surface area contributed by atoms with Gasteiger partial charge in [0.25, 0.3) is 0 Å². The van der Waals surface area contributed by atoms with Crippen molar-refractivity contribution in [3.63, 3.8) is 0 Å². The molecule has 2 aromatic heterocycles. The van der Waals surface area contributed by atoms with Crippen molar-refractivity contribution >= 4 is 16.7 Å². The standard InChI is InChI=1S/C16H14N4/c17-15-11-6-2-8-13(11)19-16(20-15)12-7-1-4-10-5-3-9-18-14(10)12/h1,3-5,7,9H,2,6,8H2,(H2,17,19,20). The Bertz CT molecular complexity index is 805. The van der Waals surface area contributed by atoms with Gasteiger partial charge in [0.05, 0.1) is 5.52 Å². The number of pyridine rings is 1. The zero-order valence-corrected chi connectivity index (χ0v) is 11.0. The van der Waals surface area contributed by atoms with Crippen LogP contribution in [0.5, 0.6) is 0 Å². The van der Waals surface area contributed by atoms with E-state index in [0.717, 1.165) is 47.0 Å². The molecule has 0 bridgehead atoms. The molecule has 0 atom stereocenters. The zero-order chi connectivity index (χ0) is 13.5. The molecule has 0 saturated carbocycles.